The van der Waals surface area contributed by atoms with E-state index >= 15 is 0 Å². The van der Waals surface area contributed by atoms with E-state index in [1.165, 1.54) is 24.4 Å². The van der Waals surface area contributed by atoms with Crippen molar-refractivity contribution in [3.05, 3.63) is 54.1 Å². The minimum atomic E-state index is -3.94. The molecule has 3 heterocycles. The van der Waals surface area contributed by atoms with Crippen LogP contribution in [0.3, 0.4) is 0 Å². The van der Waals surface area contributed by atoms with Crippen molar-refractivity contribution < 1.29 is 22.1 Å². The van der Waals surface area contributed by atoms with Crippen molar-refractivity contribution in [2.75, 3.05) is 0 Å². The van der Waals surface area contributed by atoms with Crippen LogP contribution >= 0.6 is 0 Å². The third-order valence-electron chi connectivity index (χ3n) is 5.69. The second kappa shape index (κ2) is 6.39. The normalized spacial score (nSPS) is 18.5. The van der Waals surface area contributed by atoms with Crippen molar-refractivity contribution in [2.45, 2.75) is 50.7 Å². The van der Waals surface area contributed by atoms with Crippen LogP contribution in [0, 0.1) is 12.7 Å². The summed E-state index contributed by atoms with van der Waals surface area (Å²) in [5, 5.41) is 0.333. The lowest BCUT2D eigenvalue weighted by atomic mass is 9.79. The molecule has 1 saturated heterocycles. The van der Waals surface area contributed by atoms with Gasteiger partial charge in [-0.25, -0.2) is 21.8 Å². The van der Waals surface area contributed by atoms with Crippen LogP contribution in [0.5, 0.6) is 0 Å². The maximum atomic E-state index is 14.0. The molecular weight excluding hydrogens is 394 g/mol. The molecule has 1 aromatic carbocycles. The van der Waals surface area contributed by atoms with Crippen LogP contribution < -0.4 is 5.46 Å². The summed E-state index contributed by atoms with van der Waals surface area (Å²) < 4.78 is 53.7. The van der Waals surface area contributed by atoms with Crippen LogP contribution in [0.4, 0.5) is 4.39 Å². The predicted molar refractivity (Wildman–Crippen MR) is 109 cm³/mol. The fourth-order valence-corrected chi connectivity index (χ4v) is 4.57. The second-order valence-electron chi connectivity index (χ2n) is 8.31. The van der Waals surface area contributed by atoms with Gasteiger partial charge >= 0.3 is 7.12 Å². The van der Waals surface area contributed by atoms with Gasteiger partial charge in [0.2, 0.25) is 0 Å². The minimum Gasteiger partial charge on any atom is -0.399 e. The minimum absolute atomic E-state index is 0.117. The van der Waals surface area contributed by atoms with E-state index in [2.05, 4.69) is 4.98 Å². The fraction of sp³-hybridized carbons (Fsp3) is 0.350. The summed E-state index contributed by atoms with van der Waals surface area (Å²) in [6.45, 7) is 9.46. The molecule has 2 aromatic heterocycles. The molecule has 0 N–H and O–H groups in total. The first-order chi connectivity index (χ1) is 13.4. The lowest BCUT2D eigenvalue weighted by Crippen LogP contribution is -2.41. The van der Waals surface area contributed by atoms with Gasteiger partial charge in [-0.3, -0.25) is 0 Å². The number of pyridine rings is 1. The molecule has 1 aliphatic rings. The topological polar surface area (TPSA) is 70.4 Å². The number of rotatable bonds is 3. The van der Waals surface area contributed by atoms with Gasteiger partial charge in [0.1, 0.15) is 5.82 Å². The Kier molecular flexibility index (Phi) is 4.42. The van der Waals surface area contributed by atoms with Gasteiger partial charge in [-0.2, -0.15) is 0 Å². The zero-order valence-electron chi connectivity index (χ0n) is 16.9. The number of hydrogen-bond donors (Lipinski definition) is 0. The van der Waals surface area contributed by atoms with Crippen molar-refractivity contribution in [3.8, 4) is 0 Å². The molecule has 9 heteroatoms. The average molecular weight is 416 g/mol. The van der Waals surface area contributed by atoms with E-state index in [1.807, 2.05) is 34.6 Å². The Bertz CT molecular complexity index is 1190. The van der Waals surface area contributed by atoms with E-state index in [1.54, 1.807) is 12.1 Å². The van der Waals surface area contributed by atoms with Gasteiger partial charge in [-0.15, -0.1) is 0 Å². The van der Waals surface area contributed by atoms with Crippen molar-refractivity contribution in [3.63, 3.8) is 0 Å². The highest BCUT2D eigenvalue weighted by molar-refractivity contribution is 7.90. The molecule has 3 aromatic rings. The zero-order valence-corrected chi connectivity index (χ0v) is 17.7. The second-order valence-corrected chi connectivity index (χ2v) is 10.1. The fourth-order valence-electron chi connectivity index (χ4n) is 3.24. The largest absolute Gasteiger partial charge is 0.497 e. The smallest absolute Gasteiger partial charge is 0.399 e. The van der Waals surface area contributed by atoms with Crippen molar-refractivity contribution in [1.29, 1.82) is 0 Å². The first-order valence-electron chi connectivity index (χ1n) is 9.27. The summed E-state index contributed by atoms with van der Waals surface area (Å²) in [5.74, 6) is -0.569. The van der Waals surface area contributed by atoms with Gasteiger partial charge < -0.3 is 9.31 Å². The molecule has 0 atom stereocenters. The number of aryl methyl sites for hydroxylation is 1. The lowest BCUT2D eigenvalue weighted by molar-refractivity contribution is 0.00578. The molecule has 0 spiro atoms. The highest BCUT2D eigenvalue weighted by Gasteiger charge is 2.52. The van der Waals surface area contributed by atoms with E-state index < -0.39 is 34.2 Å². The molecule has 4 rings (SSSR count). The molecule has 29 heavy (non-hydrogen) atoms. The molecule has 0 saturated carbocycles. The highest BCUT2D eigenvalue weighted by Crippen LogP contribution is 2.37. The van der Waals surface area contributed by atoms with E-state index in [0.29, 0.717) is 10.8 Å². The summed E-state index contributed by atoms with van der Waals surface area (Å²) in [5.41, 5.74) is 0.239. The third kappa shape index (κ3) is 3.17. The molecule has 0 bridgehead atoms. The summed E-state index contributed by atoms with van der Waals surface area (Å²) in [6, 6.07) is 7.77. The first kappa shape index (κ1) is 20.1. The Labute approximate surface area is 169 Å². The van der Waals surface area contributed by atoms with Crippen molar-refractivity contribution >= 4 is 33.6 Å². The number of aromatic nitrogens is 2. The average Bonchev–Trinajstić information content (AvgIpc) is 3.09. The van der Waals surface area contributed by atoms with Crippen LogP contribution in [0.25, 0.3) is 11.0 Å². The van der Waals surface area contributed by atoms with Crippen LogP contribution in [-0.2, 0) is 19.3 Å². The van der Waals surface area contributed by atoms with Gasteiger partial charge in [0.05, 0.1) is 22.3 Å². The molecule has 6 nitrogen and oxygen atoms in total. The first-order valence-corrected chi connectivity index (χ1v) is 10.7. The van der Waals surface area contributed by atoms with Gasteiger partial charge in [-0.1, -0.05) is 17.7 Å². The summed E-state index contributed by atoms with van der Waals surface area (Å²) >= 11 is 0. The van der Waals surface area contributed by atoms with Crippen LogP contribution in [0.1, 0.15) is 33.3 Å². The number of benzene rings is 1. The number of halogens is 1. The summed E-state index contributed by atoms with van der Waals surface area (Å²) in [7, 11) is -4.79. The SMILES string of the molecule is Cc1ccc(S(=O)(=O)n2cc(B3OC(C)(C)C(C)(C)O3)c3cc(F)cnc32)cc1. The van der Waals surface area contributed by atoms with E-state index in [0.717, 1.165) is 15.7 Å². The molecule has 0 radical (unpaired) electrons. The predicted octanol–water partition coefficient (Wildman–Crippen LogP) is 3.02. The van der Waals surface area contributed by atoms with Gasteiger partial charge in [0.25, 0.3) is 10.0 Å². The Morgan fingerprint density at radius 3 is 2.24 bits per heavy atom. The monoisotopic (exact) mass is 416 g/mol. The summed E-state index contributed by atoms with van der Waals surface area (Å²) in [4.78, 5) is 4.17. The maximum Gasteiger partial charge on any atom is 0.497 e. The van der Waals surface area contributed by atoms with Crippen LogP contribution in [-0.4, -0.2) is 35.7 Å². The van der Waals surface area contributed by atoms with Crippen LogP contribution in [0.15, 0.2) is 47.6 Å². The molecule has 0 unspecified atom stereocenters. The zero-order chi connectivity index (χ0) is 21.2. The van der Waals surface area contributed by atoms with Gasteiger partial charge in [-0.05, 0) is 52.8 Å². The Hall–Kier alpha value is -2.23. The Balaban J connectivity index is 1.91. The van der Waals surface area contributed by atoms with E-state index in [4.69, 9.17) is 9.31 Å². The summed E-state index contributed by atoms with van der Waals surface area (Å²) in [6.07, 6.45) is 2.41. The highest BCUT2D eigenvalue weighted by atomic mass is 32.2. The molecule has 152 valence electrons. The van der Waals surface area contributed by atoms with E-state index in [-0.39, 0.29) is 10.5 Å². The van der Waals surface area contributed by atoms with E-state index in [9.17, 15) is 12.8 Å². The Morgan fingerprint density at radius 2 is 1.66 bits per heavy atom. The van der Waals surface area contributed by atoms with Crippen LogP contribution in [0.2, 0.25) is 0 Å². The number of fused-ring (bicyclic) bond motifs is 1. The maximum absolute atomic E-state index is 14.0. The van der Waals surface area contributed by atoms with Crippen molar-refractivity contribution in [2.24, 2.45) is 0 Å². The standard InChI is InChI=1S/C20H22BFN2O4S/c1-13-6-8-15(9-7-13)29(25,26)24-12-17(16-10-14(22)11-23-18(16)24)21-27-19(2,3)20(4,5)28-21/h6-12H,1-5H3. The number of hydrogen-bond acceptors (Lipinski definition) is 5. The van der Waals surface area contributed by atoms with Gasteiger partial charge in [0.15, 0.2) is 5.65 Å². The molecule has 1 aliphatic heterocycles. The lowest BCUT2D eigenvalue weighted by Gasteiger charge is -2.32. The quantitative estimate of drug-likeness (QED) is 0.614. The van der Waals surface area contributed by atoms with Crippen molar-refractivity contribution in [1.82, 2.24) is 8.96 Å². The third-order valence-corrected chi connectivity index (χ3v) is 7.36. The molecule has 0 amide bonds. The number of nitrogens with zero attached hydrogens (tertiary/aromatic N) is 2. The molecule has 0 aliphatic carbocycles. The van der Waals surface area contributed by atoms with Gasteiger partial charge in [0, 0.05) is 17.0 Å². The molecular formula is C20H22BFN2O4S. The molecule has 1 fully saturated rings. The Morgan fingerprint density at radius 1 is 1.07 bits per heavy atom.